The molecule has 0 amide bonds. The standard InChI is InChI=1S/C12H7FN4O/c13-7-3-1-4-8-9(7)12(18)17-11(16-8)10-14-5-2-6-15-10/h1-6H,(H,16,17,18). The highest BCUT2D eigenvalue weighted by Gasteiger charge is 2.10. The minimum absolute atomic E-state index is 0.0582. The molecule has 1 N–H and O–H groups in total. The van der Waals surface area contributed by atoms with E-state index in [1.54, 1.807) is 12.1 Å². The summed E-state index contributed by atoms with van der Waals surface area (Å²) < 4.78 is 13.5. The van der Waals surface area contributed by atoms with Crippen LogP contribution in [0.5, 0.6) is 0 Å². The first kappa shape index (κ1) is 10.5. The summed E-state index contributed by atoms with van der Waals surface area (Å²) in [5.74, 6) is -0.0822. The van der Waals surface area contributed by atoms with E-state index < -0.39 is 11.4 Å². The third-order valence-corrected chi connectivity index (χ3v) is 2.46. The molecule has 6 heteroatoms. The van der Waals surface area contributed by atoms with E-state index in [2.05, 4.69) is 19.9 Å². The van der Waals surface area contributed by atoms with Gasteiger partial charge >= 0.3 is 0 Å². The van der Waals surface area contributed by atoms with Crippen molar-refractivity contribution in [1.29, 1.82) is 0 Å². The first-order valence-corrected chi connectivity index (χ1v) is 5.21. The Morgan fingerprint density at radius 3 is 2.67 bits per heavy atom. The van der Waals surface area contributed by atoms with Gasteiger partial charge in [-0.25, -0.2) is 19.3 Å². The summed E-state index contributed by atoms with van der Waals surface area (Å²) in [6.07, 6.45) is 3.08. The Labute approximate surface area is 100 Å². The lowest BCUT2D eigenvalue weighted by molar-refractivity contribution is 0.638. The number of rotatable bonds is 1. The molecule has 3 aromatic rings. The Balaban J connectivity index is 2.33. The molecule has 0 aliphatic carbocycles. The zero-order valence-electron chi connectivity index (χ0n) is 9.09. The van der Waals surface area contributed by atoms with Crippen LogP contribution in [0, 0.1) is 5.82 Å². The normalized spacial score (nSPS) is 10.7. The number of hydrogen-bond donors (Lipinski definition) is 1. The SMILES string of the molecule is O=c1[nH]c(-c2ncccn2)nc2cccc(F)c12. The van der Waals surface area contributed by atoms with Crippen molar-refractivity contribution < 1.29 is 4.39 Å². The molecule has 0 spiro atoms. The molecule has 1 aromatic carbocycles. The van der Waals surface area contributed by atoms with Crippen LogP contribution >= 0.6 is 0 Å². The number of hydrogen-bond acceptors (Lipinski definition) is 4. The lowest BCUT2D eigenvalue weighted by Crippen LogP contribution is -2.12. The van der Waals surface area contributed by atoms with Crippen LogP contribution in [0.1, 0.15) is 0 Å². The minimum Gasteiger partial charge on any atom is -0.303 e. The van der Waals surface area contributed by atoms with Gasteiger partial charge in [0.05, 0.1) is 5.52 Å². The maximum absolute atomic E-state index is 13.5. The van der Waals surface area contributed by atoms with E-state index in [9.17, 15) is 9.18 Å². The largest absolute Gasteiger partial charge is 0.303 e. The minimum atomic E-state index is -0.596. The maximum Gasteiger partial charge on any atom is 0.262 e. The highest BCUT2D eigenvalue weighted by Crippen LogP contribution is 2.14. The number of aromatic nitrogens is 4. The summed E-state index contributed by atoms with van der Waals surface area (Å²) in [5, 5.41) is -0.0582. The smallest absolute Gasteiger partial charge is 0.262 e. The first-order valence-electron chi connectivity index (χ1n) is 5.21. The first-order chi connectivity index (χ1) is 8.75. The van der Waals surface area contributed by atoms with Crippen molar-refractivity contribution in [1.82, 2.24) is 19.9 Å². The molecular formula is C12H7FN4O. The van der Waals surface area contributed by atoms with Gasteiger partial charge in [0.15, 0.2) is 11.6 Å². The molecule has 18 heavy (non-hydrogen) atoms. The lowest BCUT2D eigenvalue weighted by Gasteiger charge is -2.01. The monoisotopic (exact) mass is 242 g/mol. The van der Waals surface area contributed by atoms with Crippen LogP contribution in [0.4, 0.5) is 4.39 Å². The zero-order valence-corrected chi connectivity index (χ0v) is 9.09. The van der Waals surface area contributed by atoms with E-state index in [4.69, 9.17) is 0 Å². The van der Waals surface area contributed by atoms with Crippen LogP contribution in [0.25, 0.3) is 22.6 Å². The number of nitrogens with zero attached hydrogens (tertiary/aromatic N) is 3. The van der Waals surface area contributed by atoms with Gasteiger partial charge in [0, 0.05) is 12.4 Å². The zero-order chi connectivity index (χ0) is 12.5. The quantitative estimate of drug-likeness (QED) is 0.702. The number of fused-ring (bicyclic) bond motifs is 1. The van der Waals surface area contributed by atoms with Crippen LogP contribution in [-0.4, -0.2) is 19.9 Å². The van der Waals surface area contributed by atoms with E-state index in [1.165, 1.54) is 24.5 Å². The van der Waals surface area contributed by atoms with Gasteiger partial charge in [-0.1, -0.05) is 6.07 Å². The highest BCUT2D eigenvalue weighted by molar-refractivity contribution is 5.79. The van der Waals surface area contributed by atoms with Crippen LogP contribution in [0.15, 0.2) is 41.5 Å². The second-order valence-corrected chi connectivity index (χ2v) is 3.62. The van der Waals surface area contributed by atoms with Gasteiger partial charge in [-0.3, -0.25) is 4.79 Å². The molecule has 0 radical (unpaired) electrons. The number of benzene rings is 1. The van der Waals surface area contributed by atoms with Crippen molar-refractivity contribution in [2.75, 3.05) is 0 Å². The van der Waals surface area contributed by atoms with Crippen molar-refractivity contribution >= 4 is 10.9 Å². The van der Waals surface area contributed by atoms with E-state index >= 15 is 0 Å². The second-order valence-electron chi connectivity index (χ2n) is 3.62. The fourth-order valence-corrected chi connectivity index (χ4v) is 1.68. The lowest BCUT2D eigenvalue weighted by atomic mass is 10.2. The molecule has 0 saturated carbocycles. The molecule has 0 fully saturated rings. The summed E-state index contributed by atoms with van der Waals surface area (Å²) in [6, 6.07) is 5.94. The number of H-pyrrole nitrogens is 1. The van der Waals surface area contributed by atoms with Gasteiger partial charge in [0.25, 0.3) is 5.56 Å². The Morgan fingerprint density at radius 1 is 1.11 bits per heavy atom. The van der Waals surface area contributed by atoms with Gasteiger partial charge in [-0.15, -0.1) is 0 Å². The summed E-state index contributed by atoms with van der Waals surface area (Å²) in [4.78, 5) is 26.4. The van der Waals surface area contributed by atoms with Crippen molar-refractivity contribution in [3.05, 3.63) is 52.8 Å². The Morgan fingerprint density at radius 2 is 1.89 bits per heavy atom. The molecule has 88 valence electrons. The molecule has 2 aromatic heterocycles. The molecule has 0 aliphatic rings. The number of aromatic amines is 1. The van der Waals surface area contributed by atoms with E-state index in [1.807, 2.05) is 0 Å². The van der Waals surface area contributed by atoms with E-state index in [0.29, 0.717) is 5.82 Å². The Hall–Kier alpha value is -2.63. The molecular weight excluding hydrogens is 235 g/mol. The van der Waals surface area contributed by atoms with Gasteiger partial charge in [-0.2, -0.15) is 0 Å². The molecule has 0 atom stereocenters. The van der Waals surface area contributed by atoms with E-state index in [0.717, 1.165) is 0 Å². The summed E-state index contributed by atoms with van der Waals surface area (Å²) in [5.41, 5.74) is -0.262. The van der Waals surface area contributed by atoms with Crippen molar-refractivity contribution in [3.63, 3.8) is 0 Å². The highest BCUT2D eigenvalue weighted by atomic mass is 19.1. The van der Waals surface area contributed by atoms with Crippen LogP contribution < -0.4 is 5.56 Å². The summed E-state index contributed by atoms with van der Waals surface area (Å²) in [7, 11) is 0. The van der Waals surface area contributed by atoms with Gasteiger partial charge in [-0.05, 0) is 18.2 Å². The average Bonchev–Trinajstić information content (AvgIpc) is 2.39. The van der Waals surface area contributed by atoms with Crippen molar-refractivity contribution in [2.45, 2.75) is 0 Å². The van der Waals surface area contributed by atoms with Gasteiger partial charge in [0.2, 0.25) is 0 Å². The molecule has 0 aliphatic heterocycles. The fourth-order valence-electron chi connectivity index (χ4n) is 1.68. The average molecular weight is 242 g/mol. The van der Waals surface area contributed by atoms with Crippen molar-refractivity contribution in [2.24, 2.45) is 0 Å². The van der Waals surface area contributed by atoms with Crippen LogP contribution in [0.2, 0.25) is 0 Å². The topological polar surface area (TPSA) is 71.5 Å². The number of halogens is 1. The Bertz CT molecular complexity index is 770. The molecule has 2 heterocycles. The maximum atomic E-state index is 13.5. The molecule has 0 saturated heterocycles. The summed E-state index contributed by atoms with van der Waals surface area (Å²) >= 11 is 0. The molecule has 3 rings (SSSR count). The third kappa shape index (κ3) is 1.64. The predicted octanol–water partition coefficient (Wildman–Crippen LogP) is 1.52. The van der Waals surface area contributed by atoms with Crippen LogP contribution in [0.3, 0.4) is 0 Å². The molecule has 0 unspecified atom stereocenters. The third-order valence-electron chi connectivity index (χ3n) is 2.46. The fraction of sp³-hybridized carbons (Fsp3) is 0. The van der Waals surface area contributed by atoms with Gasteiger partial charge < -0.3 is 4.98 Å². The summed E-state index contributed by atoms with van der Waals surface area (Å²) in [6.45, 7) is 0. The molecule has 0 bridgehead atoms. The Kier molecular flexibility index (Phi) is 2.33. The van der Waals surface area contributed by atoms with Gasteiger partial charge in [0.1, 0.15) is 11.2 Å². The second kappa shape index (κ2) is 3.99. The molecule has 5 nitrogen and oxygen atoms in total. The van der Waals surface area contributed by atoms with Crippen molar-refractivity contribution in [3.8, 4) is 11.6 Å². The van der Waals surface area contributed by atoms with E-state index in [-0.39, 0.29) is 16.7 Å². The van der Waals surface area contributed by atoms with Crippen LogP contribution in [-0.2, 0) is 0 Å². The number of nitrogens with one attached hydrogen (secondary N) is 1. The predicted molar refractivity (Wildman–Crippen MR) is 63.3 cm³/mol.